The Bertz CT molecular complexity index is 1360. The molecule has 8 heteroatoms. The van der Waals surface area contributed by atoms with Crippen LogP contribution in [0.4, 0.5) is 0 Å². The minimum Gasteiger partial charge on any atom is -0.507 e. The van der Waals surface area contributed by atoms with Gasteiger partial charge >= 0.3 is 0 Å². The van der Waals surface area contributed by atoms with E-state index in [2.05, 4.69) is 6.07 Å². The number of hydrogen-bond acceptors (Lipinski definition) is 7. The first kappa shape index (κ1) is 27.7. The summed E-state index contributed by atoms with van der Waals surface area (Å²) in [5, 5.41) is 11.3. The number of likely N-dealkylation sites (tertiary alicyclic amines) is 1. The predicted molar refractivity (Wildman–Crippen MR) is 147 cm³/mol. The van der Waals surface area contributed by atoms with Gasteiger partial charge in [-0.1, -0.05) is 35.9 Å². The van der Waals surface area contributed by atoms with Crippen LogP contribution in [0.2, 0.25) is 0 Å². The summed E-state index contributed by atoms with van der Waals surface area (Å²) in [7, 11) is 4.62. The molecule has 4 rings (SSSR count). The number of nitrogens with zero attached hydrogens (tertiary/aromatic N) is 1. The zero-order valence-electron chi connectivity index (χ0n) is 22.6. The number of carbonyl (C=O) groups excluding carboxylic acids is 2. The third-order valence-corrected chi connectivity index (χ3v) is 6.63. The number of ether oxygens (including phenoxy) is 4. The Morgan fingerprint density at radius 1 is 0.923 bits per heavy atom. The number of ketones is 1. The van der Waals surface area contributed by atoms with Crippen LogP contribution in [0.25, 0.3) is 5.76 Å². The van der Waals surface area contributed by atoms with E-state index in [1.807, 2.05) is 25.1 Å². The highest BCUT2D eigenvalue weighted by Crippen LogP contribution is 2.42. The van der Waals surface area contributed by atoms with Crippen molar-refractivity contribution in [1.82, 2.24) is 4.90 Å². The van der Waals surface area contributed by atoms with Crippen LogP contribution in [0.5, 0.6) is 17.2 Å². The van der Waals surface area contributed by atoms with Gasteiger partial charge in [0.2, 0.25) is 0 Å². The summed E-state index contributed by atoms with van der Waals surface area (Å²) in [5.41, 5.74) is 3.23. The Hall–Kier alpha value is -4.30. The third-order valence-electron chi connectivity index (χ3n) is 6.63. The highest BCUT2D eigenvalue weighted by atomic mass is 16.5. The number of amides is 1. The Kier molecular flexibility index (Phi) is 8.88. The largest absolute Gasteiger partial charge is 0.507 e. The molecular weight excluding hydrogens is 498 g/mol. The lowest BCUT2D eigenvalue weighted by atomic mass is 9.95. The standard InChI is InChI=1S/C31H33NO7/c1-20-7-5-8-21(17-20)19-39-24-12-9-22(10-13-24)29(33)27-28(23-11-14-25(37-3)26(18-23)38-4)32(15-6-16-36-2)31(35)30(27)34/h5,7-14,17-18,28,33H,6,15-16,19H2,1-4H3/t28-/m1/s1. The van der Waals surface area contributed by atoms with E-state index in [1.54, 1.807) is 49.6 Å². The van der Waals surface area contributed by atoms with Gasteiger partial charge in [-0.3, -0.25) is 9.59 Å². The second kappa shape index (κ2) is 12.5. The predicted octanol–water partition coefficient (Wildman–Crippen LogP) is 5.05. The Labute approximate surface area is 228 Å². The molecule has 0 radical (unpaired) electrons. The molecule has 39 heavy (non-hydrogen) atoms. The van der Waals surface area contributed by atoms with Gasteiger partial charge in [0.25, 0.3) is 11.7 Å². The Morgan fingerprint density at radius 3 is 2.33 bits per heavy atom. The number of rotatable bonds is 11. The molecule has 3 aromatic rings. The van der Waals surface area contributed by atoms with Gasteiger partial charge in [-0.15, -0.1) is 0 Å². The van der Waals surface area contributed by atoms with E-state index < -0.39 is 17.7 Å². The van der Waals surface area contributed by atoms with E-state index in [9.17, 15) is 14.7 Å². The third kappa shape index (κ3) is 6.07. The zero-order valence-corrected chi connectivity index (χ0v) is 22.6. The molecule has 0 aromatic heterocycles. The normalized spacial score (nSPS) is 16.4. The van der Waals surface area contributed by atoms with Crippen molar-refractivity contribution in [2.75, 3.05) is 34.5 Å². The van der Waals surface area contributed by atoms with E-state index in [4.69, 9.17) is 18.9 Å². The second-order valence-electron chi connectivity index (χ2n) is 9.26. The van der Waals surface area contributed by atoms with Gasteiger partial charge in [0, 0.05) is 25.8 Å². The molecule has 1 heterocycles. The van der Waals surface area contributed by atoms with E-state index in [0.717, 1.165) is 11.1 Å². The summed E-state index contributed by atoms with van der Waals surface area (Å²) >= 11 is 0. The monoisotopic (exact) mass is 531 g/mol. The smallest absolute Gasteiger partial charge is 0.295 e. The molecule has 1 aliphatic rings. The van der Waals surface area contributed by atoms with Gasteiger partial charge in [-0.25, -0.2) is 0 Å². The summed E-state index contributed by atoms with van der Waals surface area (Å²) in [6.45, 7) is 3.13. The van der Waals surface area contributed by atoms with Crippen molar-refractivity contribution < 1.29 is 33.6 Å². The number of benzene rings is 3. The van der Waals surface area contributed by atoms with Gasteiger partial charge in [-0.2, -0.15) is 0 Å². The van der Waals surface area contributed by atoms with Crippen molar-refractivity contribution in [3.05, 3.63) is 94.6 Å². The number of aliphatic hydroxyl groups is 1. The average molecular weight is 532 g/mol. The summed E-state index contributed by atoms with van der Waals surface area (Å²) < 4.78 is 21.8. The fourth-order valence-electron chi connectivity index (χ4n) is 4.69. The number of hydrogen-bond donors (Lipinski definition) is 1. The lowest BCUT2D eigenvalue weighted by Gasteiger charge is -2.26. The summed E-state index contributed by atoms with van der Waals surface area (Å²) in [6.07, 6.45) is 0.528. The number of aliphatic hydroxyl groups excluding tert-OH is 1. The maximum Gasteiger partial charge on any atom is 0.295 e. The first-order valence-corrected chi connectivity index (χ1v) is 12.7. The van der Waals surface area contributed by atoms with Crippen molar-refractivity contribution in [3.63, 3.8) is 0 Å². The lowest BCUT2D eigenvalue weighted by molar-refractivity contribution is -0.140. The Morgan fingerprint density at radius 2 is 1.67 bits per heavy atom. The minimum atomic E-state index is -0.807. The number of aryl methyl sites for hydroxylation is 1. The molecule has 1 fully saturated rings. The van der Waals surface area contributed by atoms with Gasteiger partial charge in [-0.05, 0) is 60.9 Å². The molecule has 204 valence electrons. The van der Waals surface area contributed by atoms with Crippen molar-refractivity contribution in [1.29, 1.82) is 0 Å². The minimum absolute atomic E-state index is 0.0121. The molecule has 1 atom stereocenters. The van der Waals surface area contributed by atoms with Crippen molar-refractivity contribution >= 4 is 17.4 Å². The molecule has 1 N–H and O–H groups in total. The average Bonchev–Trinajstić information content (AvgIpc) is 3.21. The molecule has 3 aromatic carbocycles. The number of methoxy groups -OCH3 is 3. The first-order chi connectivity index (χ1) is 18.9. The van der Waals surface area contributed by atoms with Crippen molar-refractivity contribution in [2.24, 2.45) is 0 Å². The first-order valence-electron chi connectivity index (χ1n) is 12.7. The van der Waals surface area contributed by atoms with E-state index in [-0.39, 0.29) is 17.9 Å². The molecule has 0 spiro atoms. The summed E-state index contributed by atoms with van der Waals surface area (Å²) in [5.74, 6) is -0.0985. The fourth-order valence-corrected chi connectivity index (χ4v) is 4.69. The van der Waals surface area contributed by atoms with Gasteiger partial charge in [0.05, 0.1) is 25.8 Å². The van der Waals surface area contributed by atoms with Crippen LogP contribution in [0.3, 0.4) is 0 Å². The number of Topliss-reactive ketones (excluding diaryl/α,β-unsaturated/α-hetero) is 1. The van der Waals surface area contributed by atoms with Crippen LogP contribution >= 0.6 is 0 Å². The van der Waals surface area contributed by atoms with E-state index in [0.29, 0.717) is 48.0 Å². The molecule has 0 bridgehead atoms. The highest BCUT2D eigenvalue weighted by molar-refractivity contribution is 6.46. The SMILES string of the molecule is COCCCN1C(=O)C(=O)C(=C(O)c2ccc(OCc3cccc(C)c3)cc2)[C@H]1c1ccc(OC)c(OC)c1. The molecule has 1 aliphatic heterocycles. The lowest BCUT2D eigenvalue weighted by Crippen LogP contribution is -2.31. The van der Waals surface area contributed by atoms with Crippen LogP contribution in [0.15, 0.2) is 72.3 Å². The van der Waals surface area contributed by atoms with Crippen LogP contribution in [-0.2, 0) is 20.9 Å². The van der Waals surface area contributed by atoms with Gasteiger partial charge in [0.15, 0.2) is 11.5 Å². The van der Waals surface area contributed by atoms with Gasteiger partial charge in [0.1, 0.15) is 18.1 Å². The van der Waals surface area contributed by atoms with E-state index in [1.165, 1.54) is 19.1 Å². The summed E-state index contributed by atoms with van der Waals surface area (Å²) in [6, 6.07) is 19.2. The zero-order chi connectivity index (χ0) is 27.9. The van der Waals surface area contributed by atoms with E-state index >= 15 is 0 Å². The van der Waals surface area contributed by atoms with Crippen LogP contribution in [0.1, 0.15) is 34.7 Å². The molecular formula is C31H33NO7. The fraction of sp³-hybridized carbons (Fsp3) is 0.290. The quantitative estimate of drug-likeness (QED) is 0.160. The molecule has 1 saturated heterocycles. The summed E-state index contributed by atoms with van der Waals surface area (Å²) in [4.78, 5) is 27.8. The molecule has 0 saturated carbocycles. The van der Waals surface area contributed by atoms with Crippen molar-refractivity contribution in [3.8, 4) is 17.2 Å². The molecule has 0 unspecified atom stereocenters. The molecule has 0 aliphatic carbocycles. The Balaban J connectivity index is 1.67. The maximum atomic E-state index is 13.3. The van der Waals surface area contributed by atoms with Crippen molar-refractivity contribution in [2.45, 2.75) is 26.0 Å². The highest BCUT2D eigenvalue weighted by Gasteiger charge is 2.46. The second-order valence-corrected chi connectivity index (χ2v) is 9.26. The molecule has 1 amide bonds. The number of carbonyl (C=O) groups is 2. The maximum absolute atomic E-state index is 13.3. The topological polar surface area (TPSA) is 94.5 Å². The molecule has 8 nitrogen and oxygen atoms in total. The van der Waals surface area contributed by atoms with Crippen LogP contribution in [0, 0.1) is 6.92 Å². The van der Waals surface area contributed by atoms with Crippen LogP contribution < -0.4 is 14.2 Å². The van der Waals surface area contributed by atoms with Crippen LogP contribution in [-0.4, -0.2) is 56.2 Å². The van der Waals surface area contributed by atoms with Gasteiger partial charge < -0.3 is 29.0 Å².